The number of urea groups is 1. The van der Waals surface area contributed by atoms with E-state index in [4.69, 9.17) is 4.74 Å². The van der Waals surface area contributed by atoms with E-state index in [9.17, 15) is 4.79 Å². The first kappa shape index (κ1) is 17.1. The number of nitrogens with zero attached hydrogens (tertiary/aromatic N) is 3. The quantitative estimate of drug-likeness (QED) is 0.906. The molecule has 6 nitrogen and oxygen atoms in total. The summed E-state index contributed by atoms with van der Waals surface area (Å²) < 4.78 is 5.28. The lowest BCUT2D eigenvalue weighted by Gasteiger charge is -2.36. The van der Waals surface area contributed by atoms with Crippen molar-refractivity contribution in [2.24, 2.45) is 0 Å². The SMILES string of the molecule is COc1cccc(N2CCN(C(=O)NCCc3ccncc3)CC2)c1. The molecule has 1 fully saturated rings. The summed E-state index contributed by atoms with van der Waals surface area (Å²) in [5, 5.41) is 3.00. The standard InChI is InChI=1S/C19H24N4O2/c1-25-18-4-2-3-17(15-18)22-11-13-23(14-12-22)19(24)21-10-7-16-5-8-20-9-6-16/h2-6,8-9,15H,7,10-14H2,1H3,(H,21,24). The Morgan fingerprint density at radius 1 is 1.16 bits per heavy atom. The minimum absolute atomic E-state index is 0.0133. The third kappa shape index (κ3) is 4.62. The molecule has 1 aromatic heterocycles. The molecular formula is C19H24N4O2. The monoisotopic (exact) mass is 340 g/mol. The largest absolute Gasteiger partial charge is 0.497 e. The lowest BCUT2D eigenvalue weighted by atomic mass is 10.2. The molecule has 0 aliphatic carbocycles. The van der Waals surface area contributed by atoms with Gasteiger partial charge in [0.15, 0.2) is 0 Å². The molecule has 0 spiro atoms. The van der Waals surface area contributed by atoms with E-state index >= 15 is 0 Å². The van der Waals surface area contributed by atoms with Crippen molar-refractivity contribution >= 4 is 11.7 Å². The molecule has 0 radical (unpaired) electrons. The second kappa shape index (κ2) is 8.37. The molecule has 0 atom stereocenters. The normalized spacial score (nSPS) is 14.3. The molecule has 1 N–H and O–H groups in total. The molecule has 6 heteroatoms. The van der Waals surface area contributed by atoms with Crippen LogP contribution in [0.1, 0.15) is 5.56 Å². The predicted molar refractivity (Wildman–Crippen MR) is 98.1 cm³/mol. The number of ether oxygens (including phenoxy) is 1. The van der Waals surface area contributed by atoms with Crippen LogP contribution in [0.5, 0.6) is 5.75 Å². The second-order valence-corrected chi connectivity index (χ2v) is 6.01. The van der Waals surface area contributed by atoms with E-state index in [-0.39, 0.29) is 6.03 Å². The van der Waals surface area contributed by atoms with Crippen LogP contribution in [0, 0.1) is 0 Å². The Kier molecular flexibility index (Phi) is 5.72. The van der Waals surface area contributed by atoms with Crippen LogP contribution in [-0.4, -0.2) is 55.7 Å². The van der Waals surface area contributed by atoms with E-state index in [1.54, 1.807) is 19.5 Å². The summed E-state index contributed by atoms with van der Waals surface area (Å²) in [4.78, 5) is 20.5. The summed E-state index contributed by atoms with van der Waals surface area (Å²) in [5.74, 6) is 0.855. The van der Waals surface area contributed by atoms with Gasteiger partial charge >= 0.3 is 6.03 Å². The van der Waals surface area contributed by atoms with Gasteiger partial charge in [0.1, 0.15) is 5.75 Å². The van der Waals surface area contributed by atoms with Crippen LogP contribution in [0.25, 0.3) is 0 Å². The van der Waals surface area contributed by atoms with Gasteiger partial charge in [0.2, 0.25) is 0 Å². The molecule has 2 aromatic rings. The van der Waals surface area contributed by atoms with Gasteiger partial charge in [-0.25, -0.2) is 4.79 Å². The number of piperazine rings is 1. The Bertz CT molecular complexity index is 685. The number of pyridine rings is 1. The van der Waals surface area contributed by atoms with Crippen molar-refractivity contribution in [2.45, 2.75) is 6.42 Å². The van der Waals surface area contributed by atoms with Gasteiger partial charge in [-0.2, -0.15) is 0 Å². The van der Waals surface area contributed by atoms with Gasteiger partial charge in [-0.3, -0.25) is 4.98 Å². The zero-order valence-electron chi connectivity index (χ0n) is 14.5. The zero-order valence-corrected chi connectivity index (χ0v) is 14.5. The summed E-state index contributed by atoms with van der Waals surface area (Å²) in [6.45, 7) is 3.73. The number of benzene rings is 1. The fourth-order valence-electron chi connectivity index (χ4n) is 2.95. The van der Waals surface area contributed by atoms with Crippen LogP contribution in [0.15, 0.2) is 48.8 Å². The first-order valence-electron chi connectivity index (χ1n) is 8.57. The molecule has 0 bridgehead atoms. The maximum atomic E-state index is 12.3. The average molecular weight is 340 g/mol. The fourth-order valence-corrected chi connectivity index (χ4v) is 2.95. The van der Waals surface area contributed by atoms with Gasteiger partial charge in [0, 0.05) is 56.9 Å². The first-order chi connectivity index (χ1) is 12.3. The predicted octanol–water partition coefficient (Wildman–Crippen LogP) is 2.16. The van der Waals surface area contributed by atoms with E-state index < -0.39 is 0 Å². The van der Waals surface area contributed by atoms with Crippen molar-refractivity contribution in [1.82, 2.24) is 15.2 Å². The van der Waals surface area contributed by atoms with Crippen LogP contribution in [0.3, 0.4) is 0 Å². The molecule has 0 unspecified atom stereocenters. The van der Waals surface area contributed by atoms with Crippen LogP contribution < -0.4 is 15.0 Å². The molecule has 132 valence electrons. The maximum Gasteiger partial charge on any atom is 0.317 e. The number of hydrogen-bond acceptors (Lipinski definition) is 4. The van der Waals surface area contributed by atoms with Gasteiger partial charge in [-0.05, 0) is 36.2 Å². The van der Waals surface area contributed by atoms with Crippen molar-refractivity contribution in [1.29, 1.82) is 0 Å². The van der Waals surface area contributed by atoms with Crippen molar-refractivity contribution in [2.75, 3.05) is 44.7 Å². The minimum atomic E-state index is 0.0133. The Balaban J connectivity index is 1.44. The molecule has 0 saturated carbocycles. The Hall–Kier alpha value is -2.76. The highest BCUT2D eigenvalue weighted by Crippen LogP contribution is 2.22. The second-order valence-electron chi connectivity index (χ2n) is 6.01. The van der Waals surface area contributed by atoms with Crippen LogP contribution in [-0.2, 0) is 6.42 Å². The summed E-state index contributed by atoms with van der Waals surface area (Å²) in [6, 6.07) is 12.0. The van der Waals surface area contributed by atoms with E-state index in [1.807, 2.05) is 35.2 Å². The number of carbonyl (C=O) groups is 1. The molecule has 1 aliphatic heterocycles. The zero-order chi connectivity index (χ0) is 17.5. The molecule has 1 aliphatic rings. The number of methoxy groups -OCH3 is 1. The molecule has 3 rings (SSSR count). The van der Waals surface area contributed by atoms with Gasteiger partial charge in [-0.15, -0.1) is 0 Å². The van der Waals surface area contributed by atoms with E-state index in [1.165, 1.54) is 5.56 Å². The van der Waals surface area contributed by atoms with Gasteiger partial charge in [-0.1, -0.05) is 6.07 Å². The summed E-state index contributed by atoms with van der Waals surface area (Å²) in [5.41, 5.74) is 2.32. The summed E-state index contributed by atoms with van der Waals surface area (Å²) >= 11 is 0. The van der Waals surface area contributed by atoms with Crippen molar-refractivity contribution in [3.05, 3.63) is 54.4 Å². The lowest BCUT2D eigenvalue weighted by molar-refractivity contribution is 0.194. The Morgan fingerprint density at radius 2 is 1.92 bits per heavy atom. The average Bonchev–Trinajstić information content (AvgIpc) is 2.69. The number of nitrogens with one attached hydrogen (secondary N) is 1. The van der Waals surface area contributed by atoms with Crippen LogP contribution >= 0.6 is 0 Å². The minimum Gasteiger partial charge on any atom is -0.497 e. The smallest absolute Gasteiger partial charge is 0.317 e. The molecule has 2 amide bonds. The summed E-state index contributed by atoms with van der Waals surface area (Å²) in [6.07, 6.45) is 4.36. The lowest BCUT2D eigenvalue weighted by Crippen LogP contribution is -2.52. The van der Waals surface area contributed by atoms with Crippen LogP contribution in [0.2, 0.25) is 0 Å². The van der Waals surface area contributed by atoms with E-state index in [0.29, 0.717) is 6.54 Å². The molecule has 2 heterocycles. The topological polar surface area (TPSA) is 57.7 Å². The number of hydrogen-bond donors (Lipinski definition) is 1. The highest BCUT2D eigenvalue weighted by Gasteiger charge is 2.21. The van der Waals surface area contributed by atoms with E-state index in [0.717, 1.165) is 44.0 Å². The molecule has 25 heavy (non-hydrogen) atoms. The van der Waals surface area contributed by atoms with E-state index in [2.05, 4.69) is 21.3 Å². The number of rotatable bonds is 5. The maximum absolute atomic E-state index is 12.3. The number of carbonyl (C=O) groups excluding carboxylic acids is 1. The van der Waals surface area contributed by atoms with Crippen molar-refractivity contribution < 1.29 is 9.53 Å². The van der Waals surface area contributed by atoms with Gasteiger partial charge in [0.25, 0.3) is 0 Å². The molecule has 1 aromatic carbocycles. The van der Waals surface area contributed by atoms with Crippen LogP contribution in [0.4, 0.5) is 10.5 Å². The first-order valence-corrected chi connectivity index (χ1v) is 8.57. The Morgan fingerprint density at radius 3 is 2.64 bits per heavy atom. The third-order valence-electron chi connectivity index (χ3n) is 4.42. The van der Waals surface area contributed by atoms with Crippen molar-refractivity contribution in [3.8, 4) is 5.75 Å². The van der Waals surface area contributed by atoms with Crippen molar-refractivity contribution in [3.63, 3.8) is 0 Å². The number of anilines is 1. The van der Waals surface area contributed by atoms with Gasteiger partial charge in [0.05, 0.1) is 7.11 Å². The fraction of sp³-hybridized carbons (Fsp3) is 0.368. The number of aromatic nitrogens is 1. The highest BCUT2D eigenvalue weighted by molar-refractivity contribution is 5.74. The summed E-state index contributed by atoms with van der Waals surface area (Å²) in [7, 11) is 1.67. The Labute approximate surface area is 148 Å². The van der Waals surface area contributed by atoms with Gasteiger partial charge < -0.3 is 19.9 Å². The molecule has 1 saturated heterocycles. The third-order valence-corrected chi connectivity index (χ3v) is 4.42. The number of amides is 2. The highest BCUT2D eigenvalue weighted by atomic mass is 16.5. The molecular weight excluding hydrogens is 316 g/mol.